The summed E-state index contributed by atoms with van der Waals surface area (Å²) in [5.74, 6) is 0.378. The first-order valence-electron chi connectivity index (χ1n) is 9.15. The molecule has 1 aliphatic carbocycles. The number of piperidine rings is 1. The Kier molecular flexibility index (Phi) is 4.58. The Morgan fingerprint density at radius 1 is 1.04 bits per heavy atom. The van der Waals surface area contributed by atoms with Gasteiger partial charge in [0.1, 0.15) is 0 Å². The van der Waals surface area contributed by atoms with Crippen LogP contribution in [-0.2, 0) is 14.4 Å². The quantitative estimate of drug-likeness (QED) is 0.841. The highest BCUT2D eigenvalue weighted by Crippen LogP contribution is 2.30. The van der Waals surface area contributed by atoms with Gasteiger partial charge in [-0.05, 0) is 46.5 Å². The lowest BCUT2D eigenvalue weighted by atomic mass is 10.0. The molecule has 1 N–H and O–H groups in total. The zero-order valence-electron chi connectivity index (χ0n) is 15.0. The fourth-order valence-corrected chi connectivity index (χ4v) is 3.69. The van der Waals surface area contributed by atoms with Crippen LogP contribution >= 0.6 is 0 Å². The molecule has 3 rings (SSSR count). The SMILES string of the molecule is CC(C)(C)N1CC(C(=O)N2CCC(NC(=O)C3CC3)CC2)CC1=O. The molecule has 2 aliphatic heterocycles. The Hall–Kier alpha value is -1.59. The van der Waals surface area contributed by atoms with Crippen molar-refractivity contribution in [2.75, 3.05) is 19.6 Å². The van der Waals surface area contributed by atoms with E-state index in [1.165, 1.54) is 0 Å². The van der Waals surface area contributed by atoms with Crippen molar-refractivity contribution in [2.24, 2.45) is 11.8 Å². The number of carbonyl (C=O) groups is 3. The van der Waals surface area contributed by atoms with E-state index in [4.69, 9.17) is 0 Å². The summed E-state index contributed by atoms with van der Waals surface area (Å²) in [4.78, 5) is 40.4. The summed E-state index contributed by atoms with van der Waals surface area (Å²) in [6.07, 6.45) is 3.99. The van der Waals surface area contributed by atoms with Crippen LogP contribution in [0.4, 0.5) is 0 Å². The van der Waals surface area contributed by atoms with Gasteiger partial charge in [0.15, 0.2) is 0 Å². The van der Waals surface area contributed by atoms with Gasteiger partial charge in [-0.2, -0.15) is 0 Å². The third-order valence-corrected chi connectivity index (χ3v) is 5.39. The van der Waals surface area contributed by atoms with Gasteiger partial charge in [0, 0.05) is 43.6 Å². The number of nitrogens with zero attached hydrogens (tertiary/aromatic N) is 2. The van der Waals surface area contributed by atoms with E-state index in [9.17, 15) is 14.4 Å². The molecule has 0 aromatic carbocycles. The normalized spacial score (nSPS) is 26.0. The molecule has 0 spiro atoms. The fraction of sp³-hybridized carbons (Fsp3) is 0.833. The van der Waals surface area contributed by atoms with E-state index in [1.54, 1.807) is 0 Å². The lowest BCUT2D eigenvalue weighted by Gasteiger charge is -2.35. The minimum atomic E-state index is -0.230. The molecule has 3 fully saturated rings. The van der Waals surface area contributed by atoms with Crippen LogP contribution in [0.2, 0.25) is 0 Å². The van der Waals surface area contributed by atoms with Crippen molar-refractivity contribution >= 4 is 17.7 Å². The molecule has 0 radical (unpaired) electrons. The average molecular weight is 335 g/mol. The van der Waals surface area contributed by atoms with Crippen molar-refractivity contribution in [3.63, 3.8) is 0 Å². The zero-order valence-corrected chi connectivity index (χ0v) is 15.0. The van der Waals surface area contributed by atoms with Gasteiger partial charge in [-0.3, -0.25) is 14.4 Å². The molecule has 1 saturated carbocycles. The molecule has 2 saturated heterocycles. The summed E-state index contributed by atoms with van der Waals surface area (Å²) >= 11 is 0. The van der Waals surface area contributed by atoms with Crippen LogP contribution in [0.15, 0.2) is 0 Å². The van der Waals surface area contributed by atoms with Crippen LogP contribution in [-0.4, -0.2) is 58.7 Å². The van der Waals surface area contributed by atoms with Crippen LogP contribution in [0.25, 0.3) is 0 Å². The lowest BCUT2D eigenvalue weighted by Crippen LogP contribution is -2.49. The lowest BCUT2D eigenvalue weighted by molar-refractivity contribution is -0.137. The minimum Gasteiger partial charge on any atom is -0.353 e. The summed E-state index contributed by atoms with van der Waals surface area (Å²) in [6.45, 7) is 7.90. The zero-order chi connectivity index (χ0) is 17.5. The standard InChI is InChI=1S/C18H29N3O3/c1-18(2,3)21-11-13(10-15(21)22)17(24)20-8-6-14(7-9-20)19-16(23)12-4-5-12/h12-14H,4-11H2,1-3H3,(H,19,23). The number of rotatable bonds is 3. The van der Waals surface area contributed by atoms with Gasteiger partial charge in [0.05, 0.1) is 5.92 Å². The number of amides is 3. The average Bonchev–Trinajstić information content (AvgIpc) is 3.28. The first-order valence-corrected chi connectivity index (χ1v) is 9.15. The molecule has 2 heterocycles. The van der Waals surface area contributed by atoms with Crippen molar-refractivity contribution < 1.29 is 14.4 Å². The number of hydrogen-bond acceptors (Lipinski definition) is 3. The molecule has 1 unspecified atom stereocenters. The molecule has 24 heavy (non-hydrogen) atoms. The van der Waals surface area contributed by atoms with Crippen LogP contribution < -0.4 is 5.32 Å². The van der Waals surface area contributed by atoms with Gasteiger partial charge in [-0.1, -0.05) is 0 Å². The van der Waals surface area contributed by atoms with E-state index < -0.39 is 0 Å². The Morgan fingerprint density at radius 3 is 2.17 bits per heavy atom. The monoisotopic (exact) mass is 335 g/mol. The second-order valence-electron chi connectivity index (χ2n) is 8.46. The van der Waals surface area contributed by atoms with Crippen molar-refractivity contribution in [1.82, 2.24) is 15.1 Å². The maximum absolute atomic E-state index is 12.7. The molecule has 6 heteroatoms. The van der Waals surface area contributed by atoms with E-state index >= 15 is 0 Å². The molecule has 6 nitrogen and oxygen atoms in total. The predicted octanol–water partition coefficient (Wildman–Crippen LogP) is 1.15. The summed E-state index contributed by atoms with van der Waals surface area (Å²) in [6, 6.07) is 0.193. The number of hydrogen-bond donors (Lipinski definition) is 1. The predicted molar refractivity (Wildman–Crippen MR) is 90.0 cm³/mol. The smallest absolute Gasteiger partial charge is 0.227 e. The Morgan fingerprint density at radius 2 is 1.67 bits per heavy atom. The van der Waals surface area contributed by atoms with E-state index in [0.29, 0.717) is 26.1 Å². The molecule has 134 valence electrons. The van der Waals surface area contributed by atoms with Gasteiger partial charge in [-0.25, -0.2) is 0 Å². The van der Waals surface area contributed by atoms with Crippen molar-refractivity contribution in [2.45, 2.75) is 64.5 Å². The molecular weight excluding hydrogens is 306 g/mol. The highest BCUT2D eigenvalue weighted by molar-refractivity contribution is 5.89. The molecular formula is C18H29N3O3. The topological polar surface area (TPSA) is 69.7 Å². The van der Waals surface area contributed by atoms with Gasteiger partial charge in [0.2, 0.25) is 17.7 Å². The molecule has 3 aliphatic rings. The highest BCUT2D eigenvalue weighted by Gasteiger charge is 2.41. The second-order valence-corrected chi connectivity index (χ2v) is 8.46. The van der Waals surface area contributed by atoms with Crippen molar-refractivity contribution in [3.05, 3.63) is 0 Å². The van der Waals surface area contributed by atoms with E-state index in [0.717, 1.165) is 25.7 Å². The van der Waals surface area contributed by atoms with Crippen LogP contribution in [0.3, 0.4) is 0 Å². The second kappa shape index (κ2) is 6.37. The van der Waals surface area contributed by atoms with E-state index in [2.05, 4.69) is 5.32 Å². The summed E-state index contributed by atoms with van der Waals surface area (Å²) in [5, 5.41) is 3.10. The number of carbonyl (C=O) groups excluding carboxylic acids is 3. The molecule has 0 aromatic heterocycles. The van der Waals surface area contributed by atoms with E-state index in [-0.39, 0.29) is 41.1 Å². The Bertz CT molecular complexity index is 528. The maximum Gasteiger partial charge on any atom is 0.227 e. The van der Waals surface area contributed by atoms with Crippen molar-refractivity contribution in [1.29, 1.82) is 0 Å². The fourth-order valence-electron chi connectivity index (χ4n) is 3.69. The first kappa shape index (κ1) is 17.2. The summed E-state index contributed by atoms with van der Waals surface area (Å²) in [7, 11) is 0. The summed E-state index contributed by atoms with van der Waals surface area (Å²) < 4.78 is 0. The summed E-state index contributed by atoms with van der Waals surface area (Å²) in [5.41, 5.74) is -0.230. The van der Waals surface area contributed by atoms with E-state index in [1.807, 2.05) is 30.6 Å². The van der Waals surface area contributed by atoms with Crippen LogP contribution in [0.5, 0.6) is 0 Å². The third kappa shape index (κ3) is 3.73. The van der Waals surface area contributed by atoms with Crippen LogP contribution in [0, 0.1) is 11.8 Å². The van der Waals surface area contributed by atoms with Crippen molar-refractivity contribution in [3.8, 4) is 0 Å². The number of nitrogens with one attached hydrogen (secondary N) is 1. The molecule has 0 bridgehead atoms. The maximum atomic E-state index is 12.7. The minimum absolute atomic E-state index is 0.0763. The van der Waals surface area contributed by atoms with Crippen LogP contribution in [0.1, 0.15) is 52.9 Å². The number of likely N-dealkylation sites (tertiary alicyclic amines) is 2. The van der Waals surface area contributed by atoms with Gasteiger partial charge in [-0.15, -0.1) is 0 Å². The third-order valence-electron chi connectivity index (χ3n) is 5.39. The largest absolute Gasteiger partial charge is 0.353 e. The molecule has 1 atom stereocenters. The first-order chi connectivity index (χ1) is 11.3. The Balaban J connectivity index is 1.48. The van der Waals surface area contributed by atoms with Gasteiger partial charge in [0.25, 0.3) is 0 Å². The van der Waals surface area contributed by atoms with Gasteiger partial charge < -0.3 is 15.1 Å². The molecule has 0 aromatic rings. The Labute approximate surface area is 143 Å². The highest BCUT2D eigenvalue weighted by atomic mass is 16.2. The van der Waals surface area contributed by atoms with Gasteiger partial charge >= 0.3 is 0 Å². The molecule has 3 amide bonds.